The summed E-state index contributed by atoms with van der Waals surface area (Å²) in [5.41, 5.74) is 1.66. The highest BCUT2D eigenvalue weighted by atomic mass is 35.5. The molecule has 1 unspecified atom stereocenters. The molecule has 3 nitrogen and oxygen atoms in total. The van der Waals surface area contributed by atoms with Gasteiger partial charge in [0, 0.05) is 16.6 Å². The zero-order chi connectivity index (χ0) is 13.0. The summed E-state index contributed by atoms with van der Waals surface area (Å²) in [5.74, 6) is -0.0208. The predicted octanol–water partition coefficient (Wildman–Crippen LogP) is 2.52. The number of amides is 1. The number of carbonyl (C=O) groups excluding carboxylic acids is 1. The Morgan fingerprint density at radius 2 is 2.17 bits per heavy atom. The van der Waals surface area contributed by atoms with Crippen molar-refractivity contribution >= 4 is 17.5 Å². The highest BCUT2D eigenvalue weighted by molar-refractivity contribution is 6.31. The van der Waals surface area contributed by atoms with Crippen LogP contribution in [0.2, 0.25) is 5.02 Å². The molecule has 0 saturated carbocycles. The van der Waals surface area contributed by atoms with E-state index in [-0.39, 0.29) is 11.9 Å². The highest BCUT2D eigenvalue weighted by Gasteiger charge is 2.15. The Morgan fingerprint density at radius 3 is 2.94 bits per heavy atom. The first-order valence-electron chi connectivity index (χ1n) is 6.44. The molecule has 0 aromatic heterocycles. The molecule has 1 aliphatic heterocycles. The monoisotopic (exact) mass is 266 g/mol. The van der Waals surface area contributed by atoms with Crippen molar-refractivity contribution < 1.29 is 4.79 Å². The number of aryl methyl sites for hydroxylation is 1. The van der Waals surface area contributed by atoms with Crippen LogP contribution in [0.1, 0.15) is 35.2 Å². The molecule has 0 radical (unpaired) electrons. The van der Waals surface area contributed by atoms with Gasteiger partial charge < -0.3 is 10.6 Å². The normalized spacial score (nSPS) is 20.2. The van der Waals surface area contributed by atoms with Crippen molar-refractivity contribution in [3.8, 4) is 0 Å². The first kappa shape index (κ1) is 13.4. The second-order valence-electron chi connectivity index (χ2n) is 4.87. The predicted molar refractivity (Wildman–Crippen MR) is 74.2 cm³/mol. The fraction of sp³-hybridized carbons (Fsp3) is 0.500. The van der Waals surface area contributed by atoms with E-state index in [4.69, 9.17) is 11.6 Å². The Balaban J connectivity index is 2.01. The van der Waals surface area contributed by atoms with Gasteiger partial charge in [-0.15, -0.1) is 0 Å². The fourth-order valence-electron chi connectivity index (χ4n) is 2.30. The maximum atomic E-state index is 12.1. The summed E-state index contributed by atoms with van der Waals surface area (Å²) in [4.78, 5) is 12.1. The van der Waals surface area contributed by atoms with Crippen LogP contribution in [0.3, 0.4) is 0 Å². The summed E-state index contributed by atoms with van der Waals surface area (Å²) in [7, 11) is 0. The minimum Gasteiger partial charge on any atom is -0.349 e. The molecular formula is C14H19ClN2O. The van der Waals surface area contributed by atoms with Crippen molar-refractivity contribution in [2.24, 2.45) is 0 Å². The highest BCUT2D eigenvalue weighted by Crippen LogP contribution is 2.15. The molecule has 4 heteroatoms. The molecular weight excluding hydrogens is 248 g/mol. The molecule has 98 valence electrons. The van der Waals surface area contributed by atoms with Crippen molar-refractivity contribution in [1.82, 2.24) is 10.6 Å². The molecule has 1 heterocycles. The topological polar surface area (TPSA) is 41.1 Å². The SMILES string of the molecule is Cc1cc(Cl)cc(C(=O)NC2CCCNCC2)c1. The Labute approximate surface area is 113 Å². The van der Waals surface area contributed by atoms with Gasteiger partial charge in [0.25, 0.3) is 5.91 Å². The van der Waals surface area contributed by atoms with E-state index in [2.05, 4.69) is 10.6 Å². The maximum absolute atomic E-state index is 12.1. The standard InChI is InChI=1S/C14H19ClN2O/c1-10-7-11(9-12(15)8-10)14(18)17-13-3-2-5-16-6-4-13/h7-9,13,16H,2-6H2,1H3,(H,17,18). The third-order valence-electron chi connectivity index (χ3n) is 3.22. The van der Waals surface area contributed by atoms with E-state index in [1.54, 1.807) is 6.07 Å². The molecule has 1 aliphatic rings. The van der Waals surface area contributed by atoms with Gasteiger partial charge >= 0.3 is 0 Å². The van der Waals surface area contributed by atoms with Crippen molar-refractivity contribution in [3.63, 3.8) is 0 Å². The van der Waals surface area contributed by atoms with Crippen molar-refractivity contribution in [2.45, 2.75) is 32.2 Å². The van der Waals surface area contributed by atoms with E-state index in [1.807, 2.05) is 19.1 Å². The maximum Gasteiger partial charge on any atom is 0.251 e. The van der Waals surface area contributed by atoms with Crippen LogP contribution >= 0.6 is 11.6 Å². The van der Waals surface area contributed by atoms with Crippen molar-refractivity contribution in [2.75, 3.05) is 13.1 Å². The zero-order valence-corrected chi connectivity index (χ0v) is 11.4. The number of halogens is 1. The summed E-state index contributed by atoms with van der Waals surface area (Å²) < 4.78 is 0. The van der Waals surface area contributed by atoms with Gasteiger partial charge in [-0.05, 0) is 63.0 Å². The van der Waals surface area contributed by atoms with Crippen molar-refractivity contribution in [1.29, 1.82) is 0 Å². The van der Waals surface area contributed by atoms with Crippen LogP contribution in [0.5, 0.6) is 0 Å². The molecule has 18 heavy (non-hydrogen) atoms. The van der Waals surface area contributed by atoms with Crippen LogP contribution in [-0.2, 0) is 0 Å². The van der Waals surface area contributed by atoms with E-state index >= 15 is 0 Å². The summed E-state index contributed by atoms with van der Waals surface area (Å²) in [6.45, 7) is 3.96. The minimum absolute atomic E-state index is 0.0208. The molecule has 1 aromatic rings. The lowest BCUT2D eigenvalue weighted by Gasteiger charge is -2.16. The molecule has 1 amide bonds. The number of rotatable bonds is 2. The lowest BCUT2D eigenvalue weighted by molar-refractivity contribution is 0.0934. The zero-order valence-electron chi connectivity index (χ0n) is 10.6. The molecule has 2 N–H and O–H groups in total. The van der Waals surface area contributed by atoms with Gasteiger partial charge in [0.2, 0.25) is 0 Å². The number of hydrogen-bond acceptors (Lipinski definition) is 2. The average molecular weight is 267 g/mol. The quantitative estimate of drug-likeness (QED) is 0.864. The van der Waals surface area contributed by atoms with Gasteiger partial charge in [0.1, 0.15) is 0 Å². The fourth-order valence-corrected chi connectivity index (χ4v) is 2.59. The van der Waals surface area contributed by atoms with Gasteiger partial charge in [-0.25, -0.2) is 0 Å². The molecule has 0 bridgehead atoms. The van der Waals surface area contributed by atoms with Crippen LogP contribution in [0.4, 0.5) is 0 Å². The lowest BCUT2D eigenvalue weighted by Crippen LogP contribution is -2.35. The molecule has 1 atom stereocenters. The summed E-state index contributed by atoms with van der Waals surface area (Å²) in [5, 5.41) is 7.04. The first-order valence-corrected chi connectivity index (χ1v) is 6.82. The Morgan fingerprint density at radius 1 is 1.33 bits per heavy atom. The van der Waals surface area contributed by atoms with Crippen LogP contribution in [0.25, 0.3) is 0 Å². The molecule has 2 rings (SSSR count). The smallest absolute Gasteiger partial charge is 0.251 e. The second-order valence-corrected chi connectivity index (χ2v) is 5.30. The van der Waals surface area contributed by atoms with Crippen LogP contribution in [0, 0.1) is 6.92 Å². The van der Waals surface area contributed by atoms with Gasteiger partial charge in [-0.1, -0.05) is 11.6 Å². The minimum atomic E-state index is -0.0208. The lowest BCUT2D eigenvalue weighted by atomic mass is 10.1. The number of hydrogen-bond donors (Lipinski definition) is 2. The van der Waals surface area contributed by atoms with E-state index in [0.717, 1.165) is 37.9 Å². The van der Waals surface area contributed by atoms with Crippen LogP contribution < -0.4 is 10.6 Å². The van der Waals surface area contributed by atoms with E-state index < -0.39 is 0 Å². The van der Waals surface area contributed by atoms with Crippen molar-refractivity contribution in [3.05, 3.63) is 34.3 Å². The number of carbonyl (C=O) groups is 1. The average Bonchev–Trinajstić information content (AvgIpc) is 2.56. The van der Waals surface area contributed by atoms with Gasteiger partial charge in [0.05, 0.1) is 0 Å². The summed E-state index contributed by atoms with van der Waals surface area (Å²) >= 11 is 5.97. The van der Waals surface area contributed by atoms with Gasteiger partial charge in [-0.3, -0.25) is 4.79 Å². The molecule has 0 spiro atoms. The Kier molecular flexibility index (Phi) is 4.61. The molecule has 0 aliphatic carbocycles. The van der Waals surface area contributed by atoms with Crippen LogP contribution in [0.15, 0.2) is 18.2 Å². The van der Waals surface area contributed by atoms with Gasteiger partial charge in [-0.2, -0.15) is 0 Å². The second kappa shape index (κ2) is 6.21. The largest absolute Gasteiger partial charge is 0.349 e. The third-order valence-corrected chi connectivity index (χ3v) is 3.43. The Bertz CT molecular complexity index is 406. The molecule has 1 aromatic carbocycles. The summed E-state index contributed by atoms with van der Waals surface area (Å²) in [6.07, 6.45) is 3.14. The molecule has 1 saturated heterocycles. The van der Waals surface area contributed by atoms with E-state index in [9.17, 15) is 4.79 Å². The first-order chi connectivity index (χ1) is 8.65. The number of nitrogens with one attached hydrogen (secondary N) is 2. The van der Waals surface area contributed by atoms with E-state index in [1.165, 1.54) is 0 Å². The molecule has 1 fully saturated rings. The van der Waals surface area contributed by atoms with E-state index in [0.29, 0.717) is 10.6 Å². The van der Waals surface area contributed by atoms with Crippen LogP contribution in [-0.4, -0.2) is 25.0 Å². The summed E-state index contributed by atoms with van der Waals surface area (Å²) in [6, 6.07) is 5.72. The third kappa shape index (κ3) is 3.72. The van der Waals surface area contributed by atoms with Gasteiger partial charge in [0.15, 0.2) is 0 Å². The number of benzene rings is 1. The Hall–Kier alpha value is -1.06.